The number of imide groups is 1. The van der Waals surface area contributed by atoms with E-state index in [0.29, 0.717) is 16.5 Å². The fourth-order valence-corrected chi connectivity index (χ4v) is 3.10. The minimum absolute atomic E-state index is 0.124. The van der Waals surface area contributed by atoms with E-state index in [4.69, 9.17) is 0 Å². The van der Waals surface area contributed by atoms with Crippen LogP contribution >= 0.6 is 0 Å². The number of carbonyl (C=O) groups is 3. The van der Waals surface area contributed by atoms with Crippen molar-refractivity contribution in [3.05, 3.63) is 65.2 Å². The maximum Gasteiger partial charge on any atom is 0.325 e. The minimum atomic E-state index is -1.76. The fraction of sp³-hybridized carbons (Fsp3) is 0.211. The van der Waals surface area contributed by atoms with Gasteiger partial charge in [0.05, 0.1) is 5.69 Å². The van der Waals surface area contributed by atoms with Crippen LogP contribution in [0.4, 0.5) is 28.0 Å². The highest BCUT2D eigenvalue weighted by molar-refractivity contribution is 6.10. The average molecular weight is 409 g/mol. The second-order valence-electron chi connectivity index (χ2n) is 6.36. The zero-order valence-corrected chi connectivity index (χ0v) is 15.1. The summed E-state index contributed by atoms with van der Waals surface area (Å²) in [7, 11) is 0. The summed E-state index contributed by atoms with van der Waals surface area (Å²) in [6, 6.07) is 5.52. The Bertz CT molecular complexity index is 997. The van der Waals surface area contributed by atoms with Crippen molar-refractivity contribution in [1.29, 1.82) is 0 Å². The molecule has 3 rings (SSSR count). The van der Waals surface area contributed by atoms with Crippen LogP contribution in [0.5, 0.6) is 0 Å². The summed E-state index contributed by atoms with van der Waals surface area (Å²) in [6.07, 6.45) is 0.124. The first-order valence-corrected chi connectivity index (χ1v) is 8.53. The monoisotopic (exact) mass is 409 g/mol. The molecule has 0 bridgehead atoms. The van der Waals surface area contributed by atoms with E-state index in [1.54, 1.807) is 6.92 Å². The van der Waals surface area contributed by atoms with E-state index >= 15 is 0 Å². The number of halogens is 4. The maximum atomic E-state index is 13.7. The molecule has 2 N–H and O–H groups in total. The Morgan fingerprint density at radius 1 is 1.03 bits per heavy atom. The van der Waals surface area contributed by atoms with Gasteiger partial charge in [0.25, 0.3) is 5.91 Å². The summed E-state index contributed by atoms with van der Waals surface area (Å²) >= 11 is 0. The van der Waals surface area contributed by atoms with Gasteiger partial charge >= 0.3 is 6.03 Å². The molecule has 2 aromatic rings. The first kappa shape index (κ1) is 20.3. The first-order valence-electron chi connectivity index (χ1n) is 8.53. The Balaban J connectivity index is 1.80. The van der Waals surface area contributed by atoms with Crippen LogP contribution in [0.3, 0.4) is 0 Å². The van der Waals surface area contributed by atoms with Crippen LogP contribution < -0.4 is 10.6 Å². The largest absolute Gasteiger partial charge is 0.325 e. The molecule has 0 spiro atoms. The van der Waals surface area contributed by atoms with E-state index in [1.165, 1.54) is 12.1 Å². The van der Waals surface area contributed by atoms with E-state index in [-0.39, 0.29) is 6.42 Å². The number of nitrogens with one attached hydrogen (secondary N) is 2. The van der Waals surface area contributed by atoms with Crippen LogP contribution in [0.1, 0.15) is 18.9 Å². The van der Waals surface area contributed by atoms with Gasteiger partial charge < -0.3 is 10.6 Å². The van der Waals surface area contributed by atoms with Gasteiger partial charge in [0.15, 0.2) is 17.5 Å². The third-order valence-electron chi connectivity index (χ3n) is 4.65. The summed E-state index contributed by atoms with van der Waals surface area (Å²) in [5.41, 5.74) is -1.80. The predicted molar refractivity (Wildman–Crippen MR) is 93.6 cm³/mol. The number of hydrogen-bond donors (Lipinski definition) is 2. The molecule has 1 fully saturated rings. The normalized spacial score (nSPS) is 18.7. The number of amides is 4. The van der Waals surface area contributed by atoms with Crippen molar-refractivity contribution in [3.63, 3.8) is 0 Å². The molecular formula is C19H15F4N3O3. The molecule has 0 aliphatic carbocycles. The summed E-state index contributed by atoms with van der Waals surface area (Å²) in [4.78, 5) is 38.0. The second-order valence-corrected chi connectivity index (χ2v) is 6.36. The van der Waals surface area contributed by atoms with Gasteiger partial charge in [-0.05, 0) is 36.2 Å². The molecule has 1 saturated heterocycles. The zero-order valence-electron chi connectivity index (χ0n) is 15.1. The SMILES string of the molecule is CCC1(c2ccc(F)cc2)NC(=O)N(CC(=O)Nc2ccc(F)c(F)c2F)C1=O. The lowest BCUT2D eigenvalue weighted by Gasteiger charge is -2.25. The highest BCUT2D eigenvalue weighted by Gasteiger charge is 2.51. The highest BCUT2D eigenvalue weighted by atomic mass is 19.2. The first-order chi connectivity index (χ1) is 13.7. The fourth-order valence-electron chi connectivity index (χ4n) is 3.10. The van der Waals surface area contributed by atoms with Crippen LogP contribution in [-0.2, 0) is 15.1 Å². The molecule has 6 nitrogen and oxygen atoms in total. The van der Waals surface area contributed by atoms with Gasteiger partial charge in [-0.3, -0.25) is 14.5 Å². The molecule has 4 amide bonds. The number of rotatable bonds is 5. The second kappa shape index (κ2) is 7.53. The van der Waals surface area contributed by atoms with Crippen LogP contribution in [-0.4, -0.2) is 29.3 Å². The van der Waals surface area contributed by atoms with Gasteiger partial charge in [-0.15, -0.1) is 0 Å². The minimum Gasteiger partial charge on any atom is -0.322 e. The van der Waals surface area contributed by atoms with Crippen molar-refractivity contribution < 1.29 is 31.9 Å². The van der Waals surface area contributed by atoms with Gasteiger partial charge in [-0.25, -0.2) is 22.4 Å². The van der Waals surface area contributed by atoms with E-state index < -0.39 is 58.9 Å². The molecule has 1 aliphatic heterocycles. The van der Waals surface area contributed by atoms with Crippen LogP contribution in [0.25, 0.3) is 0 Å². The lowest BCUT2D eigenvalue weighted by molar-refractivity contribution is -0.134. The average Bonchev–Trinajstić information content (AvgIpc) is 2.94. The van der Waals surface area contributed by atoms with Crippen LogP contribution in [0, 0.1) is 23.3 Å². The van der Waals surface area contributed by atoms with Crippen molar-refractivity contribution in [2.45, 2.75) is 18.9 Å². The Hall–Kier alpha value is -3.43. The van der Waals surface area contributed by atoms with E-state index in [0.717, 1.165) is 18.2 Å². The molecule has 29 heavy (non-hydrogen) atoms. The number of urea groups is 1. The number of benzene rings is 2. The van der Waals surface area contributed by atoms with E-state index in [9.17, 15) is 31.9 Å². The molecule has 1 atom stereocenters. The van der Waals surface area contributed by atoms with Crippen LogP contribution in [0.2, 0.25) is 0 Å². The van der Waals surface area contributed by atoms with Gasteiger partial charge in [0.2, 0.25) is 5.91 Å². The van der Waals surface area contributed by atoms with Gasteiger partial charge in [0, 0.05) is 0 Å². The Labute approximate surface area is 162 Å². The lowest BCUT2D eigenvalue weighted by atomic mass is 9.87. The quantitative estimate of drug-likeness (QED) is 0.453. The molecule has 1 unspecified atom stereocenters. The lowest BCUT2D eigenvalue weighted by Crippen LogP contribution is -2.44. The van der Waals surface area contributed by atoms with E-state index in [2.05, 4.69) is 5.32 Å². The number of anilines is 1. The smallest absolute Gasteiger partial charge is 0.322 e. The molecule has 1 heterocycles. The number of carbonyl (C=O) groups excluding carboxylic acids is 3. The summed E-state index contributed by atoms with van der Waals surface area (Å²) in [6.45, 7) is 0.841. The van der Waals surface area contributed by atoms with E-state index in [1.807, 2.05) is 5.32 Å². The molecule has 1 aliphatic rings. The summed E-state index contributed by atoms with van der Waals surface area (Å²) < 4.78 is 53.2. The Morgan fingerprint density at radius 2 is 1.69 bits per heavy atom. The van der Waals surface area contributed by atoms with Crippen molar-refractivity contribution in [2.24, 2.45) is 0 Å². The standard InChI is InChI=1S/C19H15F4N3O3/c1-2-19(10-3-5-11(20)6-4-10)17(28)26(18(29)25-19)9-14(27)24-13-8-7-12(21)15(22)16(13)23/h3-8H,2,9H2,1H3,(H,24,27)(H,25,29). The van der Waals surface area contributed by atoms with Gasteiger partial charge in [-0.1, -0.05) is 19.1 Å². The van der Waals surface area contributed by atoms with Crippen molar-refractivity contribution in [3.8, 4) is 0 Å². The number of nitrogens with zero attached hydrogens (tertiary/aromatic N) is 1. The van der Waals surface area contributed by atoms with Crippen molar-refractivity contribution in [1.82, 2.24) is 10.2 Å². The molecule has 2 aromatic carbocycles. The Kier molecular flexibility index (Phi) is 5.27. The topological polar surface area (TPSA) is 78.5 Å². The maximum absolute atomic E-state index is 13.7. The molecular weight excluding hydrogens is 394 g/mol. The van der Waals surface area contributed by atoms with Crippen molar-refractivity contribution >= 4 is 23.5 Å². The molecule has 10 heteroatoms. The molecule has 0 aromatic heterocycles. The third-order valence-corrected chi connectivity index (χ3v) is 4.65. The summed E-state index contributed by atoms with van der Waals surface area (Å²) in [5, 5.41) is 4.50. The highest BCUT2D eigenvalue weighted by Crippen LogP contribution is 2.32. The zero-order chi connectivity index (χ0) is 21.3. The third kappa shape index (κ3) is 3.53. The number of hydrogen-bond acceptors (Lipinski definition) is 3. The van der Waals surface area contributed by atoms with Gasteiger partial charge in [0.1, 0.15) is 17.9 Å². The molecule has 152 valence electrons. The predicted octanol–water partition coefficient (Wildman–Crippen LogP) is 3.04. The van der Waals surface area contributed by atoms with Crippen LogP contribution in [0.15, 0.2) is 36.4 Å². The Morgan fingerprint density at radius 3 is 2.31 bits per heavy atom. The van der Waals surface area contributed by atoms with Gasteiger partial charge in [-0.2, -0.15) is 0 Å². The summed E-state index contributed by atoms with van der Waals surface area (Å²) in [5.74, 6) is -7.08. The molecule has 0 radical (unpaired) electrons. The molecule has 0 saturated carbocycles. The van der Waals surface area contributed by atoms with Crippen molar-refractivity contribution in [2.75, 3.05) is 11.9 Å².